The van der Waals surface area contributed by atoms with Gasteiger partial charge in [0, 0.05) is 54.6 Å². The quantitative estimate of drug-likeness (QED) is 0.00527. The molecule has 0 radical (unpaired) electrons. The first kappa shape index (κ1) is 101. The second-order valence-electron chi connectivity index (χ2n) is 29.2. The van der Waals surface area contributed by atoms with Crippen LogP contribution in [0.1, 0.15) is 189 Å². The van der Waals surface area contributed by atoms with Crippen LogP contribution in [-0.2, 0) is 41.5 Å². The fourth-order valence-corrected chi connectivity index (χ4v) is 12.1. The lowest BCUT2D eigenvalue weighted by Crippen LogP contribution is -3.00. The summed E-state index contributed by atoms with van der Waals surface area (Å²) in [5.74, 6) is 1.29. The van der Waals surface area contributed by atoms with E-state index in [0.29, 0.717) is 150 Å². The SMILES string of the molecule is C.CC.CCC(C)C(=O)OCCCCOc1ccc(C(=O)Oc2ccc(OC(=O)c3ccc(OCC[n+]4ccc(N(C)C)cc4)cc3)c(C)c2C)cc1.CCC(C)C(=O)OCCCCOc1ccc(C(=O)Oc2ccc3ccc4ccc(C=O)c5ccc2c3c45)cc1.CCC(C)C(=O)OCCCCOc1ccc(C(=O)Oc2ccccc2CB(O)O)cc1.[Br-]. The summed E-state index contributed by atoms with van der Waals surface area (Å²) >= 11 is 0. The molecule has 0 fully saturated rings. The average molecular weight is 1760 g/mol. The molecule has 0 aliphatic heterocycles. The number of ether oxygens (including phenoxy) is 11. The Morgan fingerprint density at radius 1 is 0.411 bits per heavy atom. The minimum Gasteiger partial charge on any atom is -1.00 e. The third-order valence-corrected chi connectivity index (χ3v) is 20.2. The lowest BCUT2D eigenvalue weighted by molar-refractivity contribution is -0.697. The highest BCUT2D eigenvalue weighted by atomic mass is 79.9. The van der Waals surface area contributed by atoms with Gasteiger partial charge >= 0.3 is 48.9 Å². The van der Waals surface area contributed by atoms with Crippen LogP contribution in [0.2, 0.25) is 0 Å². The number of aromatic nitrogens is 1. The molecule has 0 amide bonds. The van der Waals surface area contributed by atoms with Crippen molar-refractivity contribution in [2.75, 3.05) is 65.2 Å². The Kier molecular flexibility index (Phi) is 42.5. The Morgan fingerprint density at radius 3 is 1.12 bits per heavy atom. The van der Waals surface area contributed by atoms with Crippen molar-refractivity contribution < 1.29 is 122 Å². The topological polar surface area (TPSA) is 286 Å². The van der Waals surface area contributed by atoms with Gasteiger partial charge in [-0.05, 0) is 237 Å². The van der Waals surface area contributed by atoms with Crippen molar-refractivity contribution >= 4 is 93.2 Å². The highest BCUT2D eigenvalue weighted by Crippen LogP contribution is 2.40. The molecule has 11 aromatic rings. The maximum absolute atomic E-state index is 13.0. The molecule has 1 heterocycles. The number of unbranched alkanes of at least 4 members (excludes halogenated alkanes) is 3. The van der Waals surface area contributed by atoms with Crippen molar-refractivity contribution in [1.29, 1.82) is 0 Å². The summed E-state index contributed by atoms with van der Waals surface area (Å²) in [6.07, 6.45) is 11.5. The second kappa shape index (κ2) is 52.3. The molecule has 25 heteroatoms. The number of carbonyl (C=O) groups excluding carboxylic acids is 8. The molecule has 658 valence electrons. The number of hydrogen-bond donors (Lipinski definition) is 2. The Bertz CT molecular complexity index is 5200. The van der Waals surface area contributed by atoms with Crippen LogP contribution in [0.3, 0.4) is 0 Å². The van der Waals surface area contributed by atoms with Gasteiger partial charge < -0.3 is 84.0 Å². The maximum atomic E-state index is 13.0. The van der Waals surface area contributed by atoms with Crippen LogP contribution in [0.4, 0.5) is 5.69 Å². The molecular weight excluding hydrogens is 1640 g/mol. The first-order chi connectivity index (χ1) is 58.9. The summed E-state index contributed by atoms with van der Waals surface area (Å²) in [5, 5.41) is 24.0. The predicted octanol–water partition coefficient (Wildman–Crippen LogP) is 16.2. The van der Waals surface area contributed by atoms with E-state index in [9.17, 15) is 38.4 Å². The summed E-state index contributed by atoms with van der Waals surface area (Å²) in [6, 6.07) is 56.4. The van der Waals surface area contributed by atoms with Gasteiger partial charge in [-0.2, -0.15) is 0 Å². The number of aldehydes is 1. The van der Waals surface area contributed by atoms with Gasteiger partial charge in [-0.15, -0.1) is 0 Å². The van der Waals surface area contributed by atoms with Crippen molar-refractivity contribution in [3.05, 3.63) is 251 Å². The molecule has 23 nitrogen and oxygen atoms in total. The van der Waals surface area contributed by atoms with Crippen LogP contribution in [0.5, 0.6) is 46.0 Å². The van der Waals surface area contributed by atoms with Crippen LogP contribution in [-0.4, -0.2) is 126 Å². The molecule has 0 saturated carbocycles. The number of halogens is 1. The molecule has 0 saturated heterocycles. The summed E-state index contributed by atoms with van der Waals surface area (Å²) in [6.45, 7) is 22.8. The van der Waals surface area contributed by atoms with E-state index in [4.69, 9.17) is 62.2 Å². The zero-order valence-electron chi connectivity index (χ0n) is 72.2. The number of hydrogen-bond acceptors (Lipinski definition) is 22. The number of nitrogens with zero attached hydrogens (tertiary/aromatic N) is 2. The van der Waals surface area contributed by atoms with Gasteiger partial charge in [0.25, 0.3) is 0 Å². The third-order valence-electron chi connectivity index (χ3n) is 20.2. The zero-order chi connectivity index (χ0) is 88.0. The number of esters is 7. The maximum Gasteiger partial charge on any atom is 0.456 e. The Labute approximate surface area is 738 Å². The minimum atomic E-state index is -1.52. The molecule has 0 bridgehead atoms. The summed E-state index contributed by atoms with van der Waals surface area (Å²) < 4.78 is 63.4. The summed E-state index contributed by atoms with van der Waals surface area (Å²) in [5.41, 5.74) is 5.15. The molecule has 0 aliphatic carbocycles. The minimum absolute atomic E-state index is 0. The van der Waals surface area contributed by atoms with E-state index >= 15 is 0 Å². The van der Waals surface area contributed by atoms with Crippen molar-refractivity contribution in [3.63, 3.8) is 0 Å². The van der Waals surface area contributed by atoms with E-state index in [2.05, 4.69) is 0 Å². The van der Waals surface area contributed by atoms with E-state index in [0.717, 1.165) is 89.2 Å². The van der Waals surface area contributed by atoms with E-state index < -0.39 is 31.0 Å². The molecule has 124 heavy (non-hydrogen) atoms. The molecular formula is C99H116BBrN2O21. The lowest BCUT2D eigenvalue weighted by atomic mass is 9.82. The molecule has 2 N–H and O–H groups in total. The van der Waals surface area contributed by atoms with Crippen LogP contribution in [0.15, 0.2) is 207 Å². The van der Waals surface area contributed by atoms with E-state index in [1.54, 1.807) is 153 Å². The average Bonchev–Trinajstić information content (AvgIpc) is 0.732. The Morgan fingerprint density at radius 2 is 0.742 bits per heavy atom. The molecule has 1 aromatic heterocycles. The van der Waals surface area contributed by atoms with Gasteiger partial charge in [0.1, 0.15) is 52.6 Å². The molecule has 10 aromatic carbocycles. The monoisotopic (exact) mass is 1760 g/mol. The van der Waals surface area contributed by atoms with Gasteiger partial charge in [-0.1, -0.05) is 117 Å². The van der Waals surface area contributed by atoms with Crippen molar-refractivity contribution in [2.45, 2.75) is 147 Å². The standard InChI is InChI=1S/C40H47N2O8.C33H30O6.C23H29BO7.C2H6.CH4.BrH/c1-7-28(2)38(43)48-26-9-8-25-46-34-14-10-31(11-15-34)39(44)49-36-18-19-37(30(4)29(36)3)50-40(45)32-12-16-35(17-13-32)47-27-24-42-22-20-33(21-23-42)41(5)6;1-3-21(2)32(35)38-19-5-4-18-37-26-13-10-24(11-14-26)33(36)39-29-17-12-23-7-6-22-8-9-25(20-34)27-15-16-28(29)31(23)30(22)27;1-3-17(2)22(25)30-15-7-6-14-29-20-12-10-18(11-13-20)23(26)31-21-9-5-4-8-19(21)16-24(27)28;1-2;;/h10-23,28H,7-9,24-27H2,1-6H3;6-17,20-21H,3-5,18-19H2,1-2H3;4-5,8-13,17,27-28H,3,6-7,14-16H2,1-2H3;1-2H3;1H4;1H/q+1;;;;;/p-1. The van der Waals surface area contributed by atoms with Gasteiger partial charge in [-0.3, -0.25) is 19.2 Å². The van der Waals surface area contributed by atoms with Gasteiger partial charge in [0.05, 0.1) is 79.6 Å². The first-order valence-corrected chi connectivity index (χ1v) is 41.6. The number of rotatable bonds is 40. The van der Waals surface area contributed by atoms with Crippen molar-refractivity contribution in [3.8, 4) is 46.0 Å². The summed E-state index contributed by atoms with van der Waals surface area (Å²) in [7, 11) is 2.48. The van der Waals surface area contributed by atoms with Crippen molar-refractivity contribution in [2.24, 2.45) is 17.8 Å². The molecule has 0 spiro atoms. The van der Waals surface area contributed by atoms with Gasteiger partial charge in [0.2, 0.25) is 0 Å². The van der Waals surface area contributed by atoms with Gasteiger partial charge in [-0.25, -0.2) is 23.7 Å². The van der Waals surface area contributed by atoms with E-state index in [1.165, 1.54) is 0 Å². The Hall–Kier alpha value is -12.2. The molecule has 3 unspecified atom stereocenters. The fourth-order valence-electron chi connectivity index (χ4n) is 12.1. The molecule has 3 atom stereocenters. The number of carbonyl (C=O) groups is 8. The van der Waals surface area contributed by atoms with Crippen molar-refractivity contribution in [1.82, 2.24) is 0 Å². The normalized spacial score (nSPS) is 11.3. The van der Waals surface area contributed by atoms with E-state index in [-0.39, 0.29) is 72.1 Å². The zero-order valence-corrected chi connectivity index (χ0v) is 73.8. The summed E-state index contributed by atoms with van der Waals surface area (Å²) in [4.78, 5) is 99.9. The van der Waals surface area contributed by atoms with Crippen LogP contribution in [0, 0.1) is 31.6 Å². The van der Waals surface area contributed by atoms with Gasteiger partial charge in [0.15, 0.2) is 25.2 Å². The predicted molar refractivity (Wildman–Crippen MR) is 477 cm³/mol. The first-order valence-electron chi connectivity index (χ1n) is 41.6. The Balaban J connectivity index is 0.000000290. The third kappa shape index (κ3) is 30.4. The smallest absolute Gasteiger partial charge is 0.456 e. The lowest BCUT2D eigenvalue weighted by Gasteiger charge is -2.15. The number of benzene rings is 10. The number of para-hydroxylation sites is 1. The fraction of sp³-hybridized carbons (Fsp3) is 0.343. The highest BCUT2D eigenvalue weighted by Gasteiger charge is 2.23. The number of anilines is 1. The second-order valence-corrected chi connectivity index (χ2v) is 29.2. The van der Waals surface area contributed by atoms with Crippen LogP contribution < -0.4 is 64.3 Å². The van der Waals surface area contributed by atoms with E-state index in [1.807, 2.05) is 146 Å². The number of pyridine rings is 1. The molecule has 0 aliphatic rings. The highest BCUT2D eigenvalue weighted by molar-refractivity contribution is 6.40. The van der Waals surface area contributed by atoms with Crippen LogP contribution >= 0.6 is 0 Å². The molecule has 11 rings (SSSR count). The van der Waals surface area contributed by atoms with Crippen LogP contribution in [0.25, 0.3) is 32.3 Å². The largest absolute Gasteiger partial charge is 1.00 e.